The van der Waals surface area contributed by atoms with Crippen molar-refractivity contribution in [3.63, 3.8) is 0 Å². The van der Waals surface area contributed by atoms with Gasteiger partial charge in [0.15, 0.2) is 0 Å². The lowest BCUT2D eigenvalue weighted by Gasteiger charge is -2.36. The van der Waals surface area contributed by atoms with Crippen LogP contribution in [0.3, 0.4) is 0 Å². The van der Waals surface area contributed by atoms with E-state index in [4.69, 9.17) is 69.6 Å². The lowest BCUT2D eigenvalue weighted by molar-refractivity contribution is 0.300. The van der Waals surface area contributed by atoms with E-state index < -0.39 is 0 Å². The van der Waals surface area contributed by atoms with Crippen LogP contribution in [-0.2, 0) is 0 Å². The summed E-state index contributed by atoms with van der Waals surface area (Å²) in [5.41, 5.74) is 0. The fourth-order valence-electron chi connectivity index (χ4n) is 2.99. The second kappa shape index (κ2) is 4.10. The van der Waals surface area contributed by atoms with Gasteiger partial charge in [0.05, 0.1) is 10.8 Å². The molecular weight excluding hydrogens is 335 g/mol. The average Bonchev–Trinajstić information content (AvgIpc) is 2.73. The van der Waals surface area contributed by atoms with Crippen molar-refractivity contribution in [2.75, 3.05) is 0 Å². The van der Waals surface area contributed by atoms with E-state index in [2.05, 4.69) is 4.90 Å². The Kier molecular flexibility index (Phi) is 3.26. The molecule has 8 atom stereocenters. The first-order valence-electron chi connectivity index (χ1n) is 4.96. The van der Waals surface area contributed by atoms with Crippen molar-refractivity contribution < 1.29 is 0 Å². The zero-order chi connectivity index (χ0) is 11.8. The summed E-state index contributed by atoms with van der Waals surface area (Å²) in [4.78, 5) is 2.07. The highest BCUT2D eigenvalue weighted by molar-refractivity contribution is 6.38. The van der Waals surface area contributed by atoms with Crippen LogP contribution in [0.25, 0.3) is 0 Å². The van der Waals surface area contributed by atoms with Gasteiger partial charge in [-0.1, -0.05) is 10.8 Å². The number of hydrogen-bond donors (Lipinski definition) is 0. The van der Waals surface area contributed by atoms with Crippen molar-refractivity contribution in [1.82, 2.24) is 4.90 Å². The van der Waals surface area contributed by atoms with Gasteiger partial charge in [-0.05, 0) is 0 Å². The summed E-state index contributed by atoms with van der Waals surface area (Å²) in [6.07, 6.45) is 0. The molecule has 8 unspecified atom stereocenters. The minimum atomic E-state index is -0.300. The van der Waals surface area contributed by atoms with Gasteiger partial charge >= 0.3 is 0 Å². The van der Waals surface area contributed by atoms with E-state index in [-0.39, 0.29) is 44.3 Å². The molecule has 3 saturated heterocycles. The molecule has 0 radical (unpaired) electrons. The summed E-state index contributed by atoms with van der Waals surface area (Å²) in [5.74, 6) is 0. The molecule has 0 amide bonds. The van der Waals surface area contributed by atoms with E-state index in [1.165, 1.54) is 0 Å². The molecule has 0 spiro atoms. The molecule has 0 bridgehead atoms. The maximum atomic E-state index is 6.30. The molecule has 3 aliphatic heterocycles. The number of alkyl halides is 6. The highest BCUT2D eigenvalue weighted by Crippen LogP contribution is 2.57. The van der Waals surface area contributed by atoms with Crippen molar-refractivity contribution in [2.45, 2.75) is 44.3 Å². The quantitative estimate of drug-likeness (QED) is 0.482. The molecule has 1 nitrogen and oxygen atoms in total. The summed E-state index contributed by atoms with van der Waals surface area (Å²) in [6, 6.07) is 0.781. The van der Waals surface area contributed by atoms with Crippen LogP contribution in [0.2, 0.25) is 0 Å². The standard InChI is InChI=1S/C9H8Cl6N/c10-1-2(11)8-5(14)6(15)9-4(13)3(12)7(1)16(8)9/h1-8H/q-1. The third kappa shape index (κ3) is 1.37. The molecular formula is C9H8Cl6N-. The summed E-state index contributed by atoms with van der Waals surface area (Å²) >= 11 is 37.7. The third-order valence-electron chi connectivity index (χ3n) is 3.67. The van der Waals surface area contributed by atoms with Crippen LogP contribution < -0.4 is 0 Å². The molecule has 3 rings (SSSR count). The Balaban J connectivity index is 2.04. The fourth-order valence-corrected chi connectivity index (χ4v) is 5.67. The Morgan fingerprint density at radius 3 is 1.38 bits per heavy atom. The first-order valence-corrected chi connectivity index (χ1v) is 7.58. The zero-order valence-electron chi connectivity index (χ0n) is 7.83. The molecule has 0 saturated carbocycles. The van der Waals surface area contributed by atoms with Crippen LogP contribution >= 0.6 is 69.6 Å². The summed E-state index contributed by atoms with van der Waals surface area (Å²) < 4.78 is 0. The molecule has 3 heterocycles. The Morgan fingerprint density at radius 2 is 1.00 bits per heavy atom. The molecule has 16 heavy (non-hydrogen) atoms. The molecule has 0 aromatic carbocycles. The lowest BCUT2D eigenvalue weighted by Crippen LogP contribution is -2.35. The van der Waals surface area contributed by atoms with Gasteiger partial charge in [-0.2, -0.15) is 23.2 Å². The fraction of sp³-hybridized carbons (Fsp3) is 0.889. The smallest absolute Gasteiger partial charge is 0.0660 e. The topological polar surface area (TPSA) is 3.24 Å². The van der Waals surface area contributed by atoms with E-state index in [1.807, 2.05) is 0 Å². The predicted octanol–water partition coefficient (Wildman–Crippen LogP) is 3.24. The van der Waals surface area contributed by atoms with Gasteiger partial charge in [-0.15, -0.1) is 46.4 Å². The normalized spacial score (nSPS) is 61.9. The Hall–Kier alpha value is 1.70. The molecule has 3 aliphatic rings. The van der Waals surface area contributed by atoms with Crippen LogP contribution in [0, 0.1) is 6.04 Å². The molecule has 7 heteroatoms. The number of hydrogen-bond acceptors (Lipinski definition) is 1. The highest BCUT2D eigenvalue weighted by Gasteiger charge is 2.60. The maximum absolute atomic E-state index is 6.30. The molecule has 0 aromatic rings. The lowest BCUT2D eigenvalue weighted by atomic mass is 10.1. The highest BCUT2D eigenvalue weighted by atomic mass is 35.5. The number of halogens is 6. The average molecular weight is 343 g/mol. The monoisotopic (exact) mass is 340 g/mol. The van der Waals surface area contributed by atoms with Gasteiger partial charge in [0, 0.05) is 22.8 Å². The summed E-state index contributed by atoms with van der Waals surface area (Å²) in [7, 11) is 0. The Labute approximate surface area is 124 Å². The summed E-state index contributed by atoms with van der Waals surface area (Å²) in [6.45, 7) is 0. The van der Waals surface area contributed by atoms with Crippen LogP contribution in [0.1, 0.15) is 0 Å². The van der Waals surface area contributed by atoms with E-state index in [0.717, 1.165) is 6.04 Å². The summed E-state index contributed by atoms with van der Waals surface area (Å²) in [5, 5.41) is -1.58. The van der Waals surface area contributed by atoms with E-state index >= 15 is 0 Å². The van der Waals surface area contributed by atoms with Crippen molar-refractivity contribution in [3.8, 4) is 0 Å². The largest absolute Gasteiger partial charge is 0.441 e. The van der Waals surface area contributed by atoms with Crippen LogP contribution in [0.4, 0.5) is 0 Å². The predicted molar refractivity (Wildman–Crippen MR) is 70.5 cm³/mol. The Bertz CT molecular complexity index is 243. The molecule has 3 fully saturated rings. The second-order valence-electron chi connectivity index (χ2n) is 4.39. The van der Waals surface area contributed by atoms with Crippen LogP contribution in [0.5, 0.6) is 0 Å². The number of rotatable bonds is 0. The Morgan fingerprint density at radius 1 is 0.625 bits per heavy atom. The zero-order valence-corrected chi connectivity index (χ0v) is 12.4. The minimum absolute atomic E-state index is 0.0571. The molecule has 0 aromatic heterocycles. The van der Waals surface area contributed by atoms with Crippen LogP contribution in [-0.4, -0.2) is 49.2 Å². The third-order valence-corrected chi connectivity index (χ3v) is 7.13. The van der Waals surface area contributed by atoms with E-state index in [0.29, 0.717) is 0 Å². The number of nitrogens with zero attached hydrogens (tertiary/aromatic N) is 1. The first kappa shape index (κ1) is 12.7. The van der Waals surface area contributed by atoms with Crippen LogP contribution in [0.15, 0.2) is 0 Å². The van der Waals surface area contributed by atoms with Gasteiger partial charge in [0.1, 0.15) is 0 Å². The molecule has 92 valence electrons. The van der Waals surface area contributed by atoms with Crippen molar-refractivity contribution in [3.05, 3.63) is 6.04 Å². The maximum Gasteiger partial charge on any atom is 0.0660 e. The van der Waals surface area contributed by atoms with Gasteiger partial charge in [-0.3, -0.25) is 0 Å². The van der Waals surface area contributed by atoms with Crippen molar-refractivity contribution in [2.24, 2.45) is 0 Å². The van der Waals surface area contributed by atoms with E-state index in [9.17, 15) is 0 Å². The van der Waals surface area contributed by atoms with Crippen molar-refractivity contribution >= 4 is 69.6 Å². The second-order valence-corrected chi connectivity index (χ2v) is 7.35. The minimum Gasteiger partial charge on any atom is -0.441 e. The molecule has 0 N–H and O–H groups in total. The van der Waals surface area contributed by atoms with Crippen molar-refractivity contribution in [1.29, 1.82) is 0 Å². The van der Waals surface area contributed by atoms with Gasteiger partial charge in [-0.25, -0.2) is 6.04 Å². The SMILES string of the molecule is ClC1[C-]2C(Cl)C(Cl)C3C(Cl)C(Cl)C(C1Cl)N23. The van der Waals surface area contributed by atoms with Gasteiger partial charge in [0.25, 0.3) is 0 Å². The molecule has 0 aliphatic carbocycles. The van der Waals surface area contributed by atoms with Gasteiger partial charge in [0.2, 0.25) is 0 Å². The first-order chi connectivity index (χ1) is 7.46. The van der Waals surface area contributed by atoms with Gasteiger partial charge < -0.3 is 4.90 Å². The van der Waals surface area contributed by atoms with E-state index in [1.54, 1.807) is 0 Å².